The predicted molar refractivity (Wildman–Crippen MR) is 95.1 cm³/mol. The molecule has 0 aliphatic heterocycles. The van der Waals surface area contributed by atoms with E-state index in [0.717, 1.165) is 0 Å². The summed E-state index contributed by atoms with van der Waals surface area (Å²) in [5, 5.41) is 12.6. The molecular formula is C14H42BN4. The SMILES string of the molecule is C.C.C.C.C.CC.C[B]C(C)(C)CC.c1nn[nH]n1. The monoisotopic (exact) mass is 277 g/mol. The van der Waals surface area contributed by atoms with Crippen LogP contribution in [0.1, 0.15) is 78.2 Å². The lowest BCUT2D eigenvalue weighted by molar-refractivity contribution is 0.645. The highest BCUT2D eigenvalue weighted by Gasteiger charge is 2.10. The molecule has 0 amide bonds. The third kappa shape index (κ3) is 38.2. The van der Waals surface area contributed by atoms with Gasteiger partial charge in [-0.3, -0.25) is 0 Å². The van der Waals surface area contributed by atoms with Gasteiger partial charge in [-0.25, -0.2) is 0 Å². The molecule has 1 rings (SSSR count). The Morgan fingerprint density at radius 2 is 1.47 bits per heavy atom. The molecule has 121 valence electrons. The Hall–Kier alpha value is -0.865. The number of hydrogen-bond donors (Lipinski definition) is 1. The van der Waals surface area contributed by atoms with Crippen LogP contribution in [0.15, 0.2) is 6.33 Å². The molecule has 0 saturated heterocycles. The molecule has 0 bridgehead atoms. The number of rotatable bonds is 2. The lowest BCUT2D eigenvalue weighted by Crippen LogP contribution is -2.06. The van der Waals surface area contributed by atoms with Crippen molar-refractivity contribution in [1.82, 2.24) is 20.6 Å². The standard InChI is InChI=1S/C6H14B.C2H6.CH2N4.5CH4/c1-5-6(2,3)7-4;1-2;1-2-4-5-3-1;;;;;/h5H2,1-4H3;1-2H3;1H,(H,2,3,4,5);5*1H4. The van der Waals surface area contributed by atoms with Gasteiger partial charge in [0.2, 0.25) is 0 Å². The Morgan fingerprint density at radius 1 is 1.05 bits per heavy atom. The second-order valence-electron chi connectivity index (χ2n) is 3.19. The van der Waals surface area contributed by atoms with Crippen LogP contribution in [0.5, 0.6) is 0 Å². The average Bonchev–Trinajstić information content (AvgIpc) is 2.79. The van der Waals surface area contributed by atoms with E-state index >= 15 is 0 Å². The number of tetrazole rings is 1. The van der Waals surface area contributed by atoms with Gasteiger partial charge in [-0.05, 0) is 0 Å². The van der Waals surface area contributed by atoms with Crippen molar-refractivity contribution >= 4 is 7.28 Å². The van der Waals surface area contributed by atoms with E-state index in [1.807, 2.05) is 13.8 Å². The summed E-state index contributed by atoms with van der Waals surface area (Å²) in [5.41, 5.74) is 0. The second-order valence-corrected chi connectivity index (χ2v) is 3.19. The summed E-state index contributed by atoms with van der Waals surface area (Å²) in [7, 11) is 2.24. The van der Waals surface area contributed by atoms with Crippen molar-refractivity contribution in [3.8, 4) is 0 Å². The van der Waals surface area contributed by atoms with Gasteiger partial charge in [0.15, 0.2) is 6.33 Å². The Kier molecular flexibility index (Phi) is 68.5. The molecule has 0 spiro atoms. The van der Waals surface area contributed by atoms with Gasteiger partial charge < -0.3 is 0 Å². The van der Waals surface area contributed by atoms with Gasteiger partial charge in [-0.15, -0.1) is 10.2 Å². The van der Waals surface area contributed by atoms with E-state index in [1.165, 1.54) is 12.7 Å². The molecule has 0 aliphatic carbocycles. The van der Waals surface area contributed by atoms with Crippen molar-refractivity contribution < 1.29 is 0 Å². The summed E-state index contributed by atoms with van der Waals surface area (Å²) in [6.45, 7) is 12.8. The molecule has 0 saturated carbocycles. The van der Waals surface area contributed by atoms with Gasteiger partial charge >= 0.3 is 0 Å². The maximum absolute atomic E-state index is 3.38. The minimum atomic E-state index is 0. The number of nitrogens with one attached hydrogen (secondary N) is 1. The Morgan fingerprint density at radius 3 is 1.53 bits per heavy atom. The molecule has 0 unspecified atom stereocenters. The summed E-state index contributed by atoms with van der Waals surface area (Å²) in [4.78, 5) is 0. The van der Waals surface area contributed by atoms with Crippen molar-refractivity contribution in [1.29, 1.82) is 0 Å². The van der Waals surface area contributed by atoms with E-state index in [4.69, 9.17) is 0 Å². The van der Waals surface area contributed by atoms with E-state index in [9.17, 15) is 0 Å². The van der Waals surface area contributed by atoms with Gasteiger partial charge in [0.05, 0.1) is 0 Å². The fraction of sp³-hybridized carbons (Fsp3) is 0.929. The smallest absolute Gasteiger partial charge is 0.161 e. The van der Waals surface area contributed by atoms with E-state index < -0.39 is 0 Å². The topological polar surface area (TPSA) is 54.5 Å². The Balaban J connectivity index is -0.0000000220. The highest BCUT2D eigenvalue weighted by Crippen LogP contribution is 2.25. The molecule has 0 aromatic carbocycles. The molecule has 1 aromatic rings. The third-order valence-electron chi connectivity index (χ3n) is 1.96. The lowest BCUT2D eigenvalue weighted by atomic mass is 9.55. The summed E-state index contributed by atoms with van der Waals surface area (Å²) in [6.07, 6.45) is 2.57. The number of nitrogens with zero attached hydrogens (tertiary/aromatic N) is 3. The molecule has 1 aromatic heterocycles. The molecule has 0 aliphatic rings. The molecule has 1 N–H and O–H groups in total. The Labute approximate surface area is 125 Å². The lowest BCUT2D eigenvalue weighted by Gasteiger charge is -2.17. The normalized spacial score (nSPS) is 6.63. The summed E-state index contributed by atoms with van der Waals surface area (Å²) in [5.74, 6) is 0. The molecule has 0 fully saturated rings. The zero-order valence-electron chi connectivity index (χ0n) is 10.2. The molecule has 1 heterocycles. The quantitative estimate of drug-likeness (QED) is 0.700. The number of H-pyrrole nitrogens is 1. The summed E-state index contributed by atoms with van der Waals surface area (Å²) >= 11 is 0. The maximum Gasteiger partial charge on any atom is 0.161 e. The third-order valence-corrected chi connectivity index (χ3v) is 1.96. The molecule has 4 nitrogen and oxygen atoms in total. The molecule has 0 atom stereocenters. The van der Waals surface area contributed by atoms with Crippen LogP contribution in [0, 0.1) is 0 Å². The van der Waals surface area contributed by atoms with Gasteiger partial charge in [-0.2, -0.15) is 5.21 Å². The first kappa shape index (κ1) is 42.9. The van der Waals surface area contributed by atoms with Crippen molar-refractivity contribution in [3.05, 3.63) is 6.33 Å². The van der Waals surface area contributed by atoms with Crippen LogP contribution in [0.4, 0.5) is 0 Å². The van der Waals surface area contributed by atoms with Crippen LogP contribution in [-0.4, -0.2) is 27.9 Å². The molecular weight excluding hydrogens is 235 g/mol. The van der Waals surface area contributed by atoms with Crippen LogP contribution in [0.25, 0.3) is 0 Å². The zero-order valence-corrected chi connectivity index (χ0v) is 10.2. The predicted octanol–water partition coefficient (Wildman–Crippen LogP) is 5.75. The molecule has 5 heteroatoms. The first-order valence-corrected chi connectivity index (χ1v) is 5.09. The van der Waals surface area contributed by atoms with Crippen LogP contribution in [0.3, 0.4) is 0 Å². The minimum absolute atomic E-state index is 0. The maximum atomic E-state index is 3.38. The van der Waals surface area contributed by atoms with Gasteiger partial charge in [0.25, 0.3) is 0 Å². The first-order valence-electron chi connectivity index (χ1n) is 5.09. The van der Waals surface area contributed by atoms with Gasteiger partial charge in [0, 0.05) is 0 Å². The zero-order chi connectivity index (χ0) is 11.4. The highest BCUT2D eigenvalue weighted by molar-refractivity contribution is 6.37. The van der Waals surface area contributed by atoms with Crippen LogP contribution in [-0.2, 0) is 0 Å². The molecule has 1 radical (unpaired) electrons. The van der Waals surface area contributed by atoms with Crippen molar-refractivity contribution in [2.24, 2.45) is 0 Å². The highest BCUT2D eigenvalue weighted by atomic mass is 15.5. The van der Waals surface area contributed by atoms with E-state index in [2.05, 4.69) is 55.5 Å². The van der Waals surface area contributed by atoms with Gasteiger partial charge in [0.1, 0.15) is 7.28 Å². The van der Waals surface area contributed by atoms with Crippen LogP contribution in [0.2, 0.25) is 12.1 Å². The van der Waals surface area contributed by atoms with Crippen molar-refractivity contribution in [2.75, 3.05) is 0 Å². The van der Waals surface area contributed by atoms with E-state index in [1.54, 1.807) is 0 Å². The first-order chi connectivity index (χ1) is 6.62. The van der Waals surface area contributed by atoms with Crippen LogP contribution < -0.4 is 0 Å². The fourth-order valence-corrected chi connectivity index (χ4v) is 0.333. The average molecular weight is 277 g/mol. The number of hydrogen-bond acceptors (Lipinski definition) is 3. The van der Waals surface area contributed by atoms with Crippen molar-refractivity contribution in [3.63, 3.8) is 0 Å². The van der Waals surface area contributed by atoms with E-state index in [0.29, 0.717) is 5.31 Å². The van der Waals surface area contributed by atoms with Crippen LogP contribution >= 0.6 is 0 Å². The summed E-state index contributed by atoms with van der Waals surface area (Å²) < 4.78 is 0. The number of aromatic nitrogens is 4. The van der Waals surface area contributed by atoms with E-state index in [-0.39, 0.29) is 37.1 Å². The summed E-state index contributed by atoms with van der Waals surface area (Å²) in [6, 6.07) is 0. The second kappa shape index (κ2) is 30.3. The van der Waals surface area contributed by atoms with Gasteiger partial charge in [-0.1, -0.05) is 95.5 Å². The number of aromatic amines is 1. The Bertz CT molecular complexity index is 154. The fourth-order valence-electron chi connectivity index (χ4n) is 0.333. The largest absolute Gasteiger partial charge is 0.177 e. The minimum Gasteiger partial charge on any atom is -0.177 e. The molecule has 19 heavy (non-hydrogen) atoms. The van der Waals surface area contributed by atoms with Crippen molar-refractivity contribution in [2.45, 2.75) is 90.3 Å².